The Morgan fingerprint density at radius 3 is 2.67 bits per heavy atom. The topological polar surface area (TPSA) is 30.5 Å². The van der Waals surface area contributed by atoms with Gasteiger partial charge in [-0.1, -0.05) is 33.4 Å². The lowest BCUT2D eigenvalue weighted by atomic mass is 10.1. The van der Waals surface area contributed by atoms with E-state index in [0.717, 1.165) is 48.8 Å². The number of rotatable bonds is 10. The molecule has 1 rings (SSSR count). The fraction of sp³-hybridized carbons (Fsp3) is 0.556. The maximum atomic E-state index is 5.86. The largest absolute Gasteiger partial charge is 0.493 e. The second-order valence-electron chi connectivity index (χ2n) is 5.89. The van der Waals surface area contributed by atoms with E-state index in [-0.39, 0.29) is 0 Å². The van der Waals surface area contributed by atoms with Crippen molar-refractivity contribution < 1.29 is 9.47 Å². The highest BCUT2D eigenvalue weighted by Crippen LogP contribution is 2.25. The molecule has 118 valence electrons. The molecule has 21 heavy (non-hydrogen) atoms. The zero-order chi connectivity index (χ0) is 15.7. The molecule has 0 amide bonds. The standard InChI is InChI=1S/C18H29NO2/c1-6-9-20-17-8-7-16(12-19-11-14(2)3)18(10-17)21-13-15(4)5/h7-8,10,14,19H,4,6,9,11-13H2,1-3,5H3. The van der Waals surface area contributed by atoms with Crippen LogP contribution in [-0.4, -0.2) is 19.8 Å². The van der Waals surface area contributed by atoms with Gasteiger partial charge in [0.15, 0.2) is 0 Å². The SMILES string of the molecule is C=C(C)COc1cc(OCCC)ccc1CNCC(C)C. The summed E-state index contributed by atoms with van der Waals surface area (Å²) in [7, 11) is 0. The van der Waals surface area contributed by atoms with Gasteiger partial charge in [-0.3, -0.25) is 0 Å². The summed E-state index contributed by atoms with van der Waals surface area (Å²) in [5, 5.41) is 3.45. The highest BCUT2D eigenvalue weighted by molar-refractivity contribution is 5.41. The maximum absolute atomic E-state index is 5.86. The summed E-state index contributed by atoms with van der Waals surface area (Å²) in [4.78, 5) is 0. The van der Waals surface area contributed by atoms with Gasteiger partial charge in [-0.25, -0.2) is 0 Å². The molecular weight excluding hydrogens is 262 g/mol. The second-order valence-corrected chi connectivity index (χ2v) is 5.89. The molecule has 3 heteroatoms. The average molecular weight is 291 g/mol. The van der Waals surface area contributed by atoms with Crippen LogP contribution in [0.3, 0.4) is 0 Å². The quantitative estimate of drug-likeness (QED) is 0.656. The molecular formula is C18H29NO2. The van der Waals surface area contributed by atoms with Crippen molar-refractivity contribution in [3.8, 4) is 11.5 Å². The molecule has 0 radical (unpaired) electrons. The molecule has 0 heterocycles. The van der Waals surface area contributed by atoms with Crippen molar-refractivity contribution in [3.63, 3.8) is 0 Å². The molecule has 3 nitrogen and oxygen atoms in total. The Hall–Kier alpha value is -1.48. The molecule has 0 aliphatic heterocycles. The molecule has 0 bridgehead atoms. The van der Waals surface area contributed by atoms with Crippen LogP contribution >= 0.6 is 0 Å². The number of hydrogen-bond acceptors (Lipinski definition) is 3. The third-order valence-corrected chi connectivity index (χ3v) is 2.85. The van der Waals surface area contributed by atoms with Gasteiger partial charge in [0.25, 0.3) is 0 Å². The van der Waals surface area contributed by atoms with E-state index in [1.165, 1.54) is 0 Å². The molecule has 0 saturated carbocycles. The highest BCUT2D eigenvalue weighted by Gasteiger charge is 2.07. The minimum absolute atomic E-state index is 0.536. The van der Waals surface area contributed by atoms with Gasteiger partial charge in [0.2, 0.25) is 0 Å². The zero-order valence-corrected chi connectivity index (χ0v) is 13.9. The van der Waals surface area contributed by atoms with Crippen LogP contribution in [0.25, 0.3) is 0 Å². The first-order valence-electron chi connectivity index (χ1n) is 7.76. The predicted molar refractivity (Wildman–Crippen MR) is 89.1 cm³/mol. The Morgan fingerprint density at radius 1 is 1.29 bits per heavy atom. The summed E-state index contributed by atoms with van der Waals surface area (Å²) in [5.74, 6) is 2.38. The molecule has 0 aliphatic carbocycles. The van der Waals surface area contributed by atoms with Crippen LogP contribution < -0.4 is 14.8 Å². The fourth-order valence-electron chi connectivity index (χ4n) is 1.82. The van der Waals surface area contributed by atoms with Crippen molar-refractivity contribution in [2.75, 3.05) is 19.8 Å². The monoisotopic (exact) mass is 291 g/mol. The van der Waals surface area contributed by atoms with Crippen LogP contribution in [0.5, 0.6) is 11.5 Å². The van der Waals surface area contributed by atoms with E-state index in [9.17, 15) is 0 Å². The van der Waals surface area contributed by atoms with E-state index < -0.39 is 0 Å². The van der Waals surface area contributed by atoms with Gasteiger partial charge in [0, 0.05) is 18.2 Å². The van der Waals surface area contributed by atoms with E-state index in [1.807, 2.05) is 19.1 Å². The predicted octanol–water partition coefficient (Wildman–Crippen LogP) is 4.18. The van der Waals surface area contributed by atoms with Crippen LogP contribution in [0, 0.1) is 5.92 Å². The first-order valence-corrected chi connectivity index (χ1v) is 7.76. The normalized spacial score (nSPS) is 10.7. The van der Waals surface area contributed by atoms with Crippen molar-refractivity contribution in [3.05, 3.63) is 35.9 Å². The van der Waals surface area contributed by atoms with Crippen LogP contribution in [-0.2, 0) is 6.54 Å². The number of ether oxygens (including phenoxy) is 2. The van der Waals surface area contributed by atoms with E-state index in [0.29, 0.717) is 12.5 Å². The van der Waals surface area contributed by atoms with Crippen molar-refractivity contribution >= 4 is 0 Å². The third-order valence-electron chi connectivity index (χ3n) is 2.85. The van der Waals surface area contributed by atoms with Crippen molar-refractivity contribution in [1.82, 2.24) is 5.32 Å². The van der Waals surface area contributed by atoms with Gasteiger partial charge in [-0.15, -0.1) is 0 Å². The number of nitrogens with one attached hydrogen (secondary N) is 1. The summed E-state index contributed by atoms with van der Waals surface area (Å²) in [5.41, 5.74) is 2.16. The molecule has 1 aromatic rings. The van der Waals surface area contributed by atoms with Crippen molar-refractivity contribution in [1.29, 1.82) is 0 Å². The first kappa shape index (κ1) is 17.6. The van der Waals surface area contributed by atoms with Crippen molar-refractivity contribution in [2.45, 2.75) is 40.7 Å². The number of benzene rings is 1. The van der Waals surface area contributed by atoms with Gasteiger partial charge in [0.1, 0.15) is 18.1 Å². The number of hydrogen-bond donors (Lipinski definition) is 1. The van der Waals surface area contributed by atoms with Crippen LogP contribution in [0.2, 0.25) is 0 Å². The van der Waals surface area contributed by atoms with Crippen LogP contribution in [0.4, 0.5) is 0 Å². The lowest BCUT2D eigenvalue weighted by Gasteiger charge is -2.15. The Balaban J connectivity index is 2.75. The first-order chi connectivity index (χ1) is 10.0. The van der Waals surface area contributed by atoms with E-state index in [4.69, 9.17) is 9.47 Å². The van der Waals surface area contributed by atoms with E-state index >= 15 is 0 Å². The second kappa shape index (κ2) is 9.46. The minimum Gasteiger partial charge on any atom is -0.493 e. The van der Waals surface area contributed by atoms with E-state index in [2.05, 4.69) is 38.7 Å². The van der Waals surface area contributed by atoms with Gasteiger partial charge in [0.05, 0.1) is 6.61 Å². The maximum Gasteiger partial charge on any atom is 0.127 e. The van der Waals surface area contributed by atoms with Crippen LogP contribution in [0.1, 0.15) is 39.7 Å². The molecule has 0 saturated heterocycles. The lowest BCUT2D eigenvalue weighted by Crippen LogP contribution is -2.19. The Kier molecular flexibility index (Phi) is 7.91. The summed E-state index contributed by atoms with van der Waals surface area (Å²) in [6, 6.07) is 6.06. The molecule has 0 unspecified atom stereocenters. The van der Waals surface area contributed by atoms with Gasteiger partial charge in [-0.2, -0.15) is 0 Å². The van der Waals surface area contributed by atoms with Crippen molar-refractivity contribution in [2.24, 2.45) is 5.92 Å². The minimum atomic E-state index is 0.536. The summed E-state index contributed by atoms with van der Waals surface area (Å²) >= 11 is 0. The zero-order valence-electron chi connectivity index (χ0n) is 13.9. The van der Waals surface area contributed by atoms with Crippen LogP contribution in [0.15, 0.2) is 30.4 Å². The van der Waals surface area contributed by atoms with Gasteiger partial charge in [-0.05, 0) is 37.4 Å². The molecule has 0 aliphatic rings. The fourth-order valence-corrected chi connectivity index (χ4v) is 1.82. The Labute approximate surface area is 129 Å². The highest BCUT2D eigenvalue weighted by atomic mass is 16.5. The smallest absolute Gasteiger partial charge is 0.127 e. The summed E-state index contributed by atoms with van der Waals surface area (Å²) < 4.78 is 11.5. The summed E-state index contributed by atoms with van der Waals surface area (Å²) in [6.07, 6.45) is 1.000. The Morgan fingerprint density at radius 2 is 2.05 bits per heavy atom. The summed E-state index contributed by atoms with van der Waals surface area (Å²) in [6.45, 7) is 15.4. The molecule has 1 aromatic carbocycles. The molecule has 1 N–H and O–H groups in total. The molecule has 0 aromatic heterocycles. The molecule has 0 fully saturated rings. The average Bonchev–Trinajstić information content (AvgIpc) is 2.43. The van der Waals surface area contributed by atoms with Gasteiger partial charge >= 0.3 is 0 Å². The van der Waals surface area contributed by atoms with E-state index in [1.54, 1.807) is 0 Å². The molecule has 0 spiro atoms. The van der Waals surface area contributed by atoms with Gasteiger partial charge < -0.3 is 14.8 Å². The molecule has 0 atom stereocenters. The Bertz CT molecular complexity index is 441. The third kappa shape index (κ3) is 7.19. The lowest BCUT2D eigenvalue weighted by molar-refractivity contribution is 0.309.